The topological polar surface area (TPSA) is 62.7 Å². The number of fused-ring (bicyclic) bond motifs is 3. The van der Waals surface area contributed by atoms with Crippen LogP contribution in [0.15, 0.2) is 88.9 Å². The number of hydrogen-bond donors (Lipinski definition) is 2. The van der Waals surface area contributed by atoms with Crippen LogP contribution in [-0.2, 0) is 4.79 Å². The van der Waals surface area contributed by atoms with Crippen molar-refractivity contribution in [2.24, 2.45) is 11.0 Å². The molecule has 0 unspecified atom stereocenters. The summed E-state index contributed by atoms with van der Waals surface area (Å²) in [6.45, 7) is 3.80. The number of allylic oxidation sites excluding steroid dienone is 2. The summed E-state index contributed by atoms with van der Waals surface area (Å²) in [5.74, 6) is 1.51. The van der Waals surface area contributed by atoms with Crippen molar-refractivity contribution in [3.8, 4) is 5.75 Å². The van der Waals surface area contributed by atoms with Gasteiger partial charge in [0, 0.05) is 21.5 Å². The Morgan fingerprint density at radius 3 is 2.62 bits per heavy atom. The van der Waals surface area contributed by atoms with Gasteiger partial charge in [-0.15, -0.1) is 11.8 Å². The quantitative estimate of drug-likeness (QED) is 0.146. The minimum absolute atomic E-state index is 0.139. The second-order valence-electron chi connectivity index (χ2n) is 9.44. The molecule has 0 bridgehead atoms. The number of carbonyl (C=O) groups is 1. The highest BCUT2D eigenvalue weighted by Gasteiger charge is 2.38. The Balaban J connectivity index is 1.29. The maximum absolute atomic E-state index is 12.7. The first-order chi connectivity index (χ1) is 17.9. The van der Waals surface area contributed by atoms with Gasteiger partial charge in [0.05, 0.1) is 24.1 Å². The Bertz CT molecular complexity index is 1340. The second kappa shape index (κ2) is 11.0. The molecule has 0 radical (unpaired) electrons. The van der Waals surface area contributed by atoms with Crippen molar-refractivity contribution < 1.29 is 9.53 Å². The summed E-state index contributed by atoms with van der Waals surface area (Å²) >= 11 is 7.43. The number of hydrazone groups is 1. The number of benzene rings is 3. The zero-order chi connectivity index (χ0) is 25.9. The van der Waals surface area contributed by atoms with Gasteiger partial charge in [0.2, 0.25) is 0 Å². The van der Waals surface area contributed by atoms with E-state index in [1.54, 1.807) is 7.11 Å². The predicted molar refractivity (Wildman–Crippen MR) is 153 cm³/mol. The molecular weight excluding hydrogens is 502 g/mol. The van der Waals surface area contributed by atoms with Gasteiger partial charge in [0.15, 0.2) is 0 Å². The van der Waals surface area contributed by atoms with E-state index in [4.69, 9.17) is 16.3 Å². The largest absolute Gasteiger partial charge is 0.497 e. The van der Waals surface area contributed by atoms with Gasteiger partial charge in [-0.1, -0.05) is 42.0 Å². The van der Waals surface area contributed by atoms with E-state index in [2.05, 4.69) is 58.3 Å². The summed E-state index contributed by atoms with van der Waals surface area (Å²) in [5.41, 5.74) is 8.19. The number of carbonyl (C=O) groups excluding carboxylic acids is 1. The van der Waals surface area contributed by atoms with Crippen molar-refractivity contribution in [3.05, 3.63) is 101 Å². The van der Waals surface area contributed by atoms with E-state index in [9.17, 15) is 4.79 Å². The molecule has 2 N–H and O–H groups in total. The van der Waals surface area contributed by atoms with E-state index in [1.807, 2.05) is 50.2 Å². The molecule has 190 valence electrons. The van der Waals surface area contributed by atoms with Crippen molar-refractivity contribution in [1.82, 2.24) is 5.43 Å². The molecular formula is C30H30ClN3O2S. The van der Waals surface area contributed by atoms with E-state index in [1.165, 1.54) is 22.9 Å². The Morgan fingerprint density at radius 2 is 1.89 bits per heavy atom. The summed E-state index contributed by atoms with van der Waals surface area (Å²) in [7, 11) is 1.69. The van der Waals surface area contributed by atoms with Crippen LogP contribution >= 0.6 is 23.4 Å². The lowest BCUT2D eigenvalue weighted by Crippen LogP contribution is -2.29. The van der Waals surface area contributed by atoms with Crippen LogP contribution in [0.25, 0.3) is 0 Å². The van der Waals surface area contributed by atoms with E-state index in [0.29, 0.717) is 16.9 Å². The van der Waals surface area contributed by atoms with Gasteiger partial charge in [0.25, 0.3) is 5.91 Å². The first-order valence-corrected chi connectivity index (χ1v) is 13.7. The fraction of sp³-hybridized carbons (Fsp3) is 0.267. The van der Waals surface area contributed by atoms with Crippen LogP contribution in [0.4, 0.5) is 5.69 Å². The van der Waals surface area contributed by atoms with E-state index < -0.39 is 0 Å². The number of methoxy groups -OCH3 is 1. The normalized spacial score (nSPS) is 21.0. The lowest BCUT2D eigenvalue weighted by molar-refractivity contribution is -0.120. The van der Waals surface area contributed by atoms with Crippen LogP contribution in [0.3, 0.4) is 0 Å². The summed E-state index contributed by atoms with van der Waals surface area (Å²) in [4.78, 5) is 13.6. The molecule has 0 saturated heterocycles. The summed E-state index contributed by atoms with van der Waals surface area (Å²) in [5, 5.41) is 8.59. The average molecular weight is 532 g/mol. The second-order valence-corrected chi connectivity index (χ2v) is 11.3. The van der Waals surface area contributed by atoms with Gasteiger partial charge in [0.1, 0.15) is 5.75 Å². The van der Waals surface area contributed by atoms with Gasteiger partial charge < -0.3 is 10.1 Å². The van der Waals surface area contributed by atoms with Crippen LogP contribution < -0.4 is 15.5 Å². The standard InChI is InChI=1S/C30H30ClN3O2S/c1-18(33-34-30(35)19(2)37-24-14-10-22(31)11-15-24)21-9-16-28-27(17-21)25-5-4-6-26(25)29(32-28)20-7-12-23(36-3)13-8-20/h4-5,7-17,19,25-26,29,32H,6H2,1-3H3,(H,34,35)/b33-18-/t19-,25+,26-,29-/m0/s1. The van der Waals surface area contributed by atoms with Crippen molar-refractivity contribution in [2.75, 3.05) is 12.4 Å². The van der Waals surface area contributed by atoms with Crippen molar-refractivity contribution in [3.63, 3.8) is 0 Å². The molecule has 0 spiro atoms. The minimum atomic E-state index is -0.287. The SMILES string of the molecule is COc1ccc([C@@H]2Nc3ccc(/C(C)=N\NC(=O)[C@H](C)Sc4ccc(Cl)cc4)cc3[C@@H]3C=CC[C@@H]32)cc1. The number of halogens is 1. The molecule has 37 heavy (non-hydrogen) atoms. The number of hydrogen-bond acceptors (Lipinski definition) is 5. The number of rotatable bonds is 7. The molecule has 2 aliphatic rings. The van der Waals surface area contributed by atoms with Crippen molar-refractivity contribution >= 4 is 40.7 Å². The molecule has 3 aromatic carbocycles. The minimum Gasteiger partial charge on any atom is -0.497 e. The van der Waals surface area contributed by atoms with Crippen LogP contribution in [-0.4, -0.2) is 24.0 Å². The average Bonchev–Trinajstić information content (AvgIpc) is 3.42. The third-order valence-corrected chi connectivity index (χ3v) is 8.45. The fourth-order valence-corrected chi connectivity index (χ4v) is 6.01. The lowest BCUT2D eigenvalue weighted by atomic mass is 9.76. The predicted octanol–water partition coefficient (Wildman–Crippen LogP) is 7.20. The van der Waals surface area contributed by atoms with Crippen molar-refractivity contribution in [1.29, 1.82) is 0 Å². The van der Waals surface area contributed by atoms with Gasteiger partial charge >= 0.3 is 0 Å². The highest BCUT2D eigenvalue weighted by Crippen LogP contribution is 2.50. The van der Waals surface area contributed by atoms with Crippen LogP contribution in [0, 0.1) is 5.92 Å². The Morgan fingerprint density at radius 1 is 1.14 bits per heavy atom. The number of nitrogens with zero attached hydrogens (tertiary/aromatic N) is 1. The number of amides is 1. The Kier molecular flexibility index (Phi) is 7.58. The molecule has 3 aromatic rings. The molecule has 7 heteroatoms. The van der Waals surface area contributed by atoms with Crippen LogP contribution in [0.2, 0.25) is 5.02 Å². The van der Waals surface area contributed by atoms with Crippen molar-refractivity contribution in [2.45, 2.75) is 42.4 Å². The van der Waals surface area contributed by atoms with Crippen LogP contribution in [0.5, 0.6) is 5.75 Å². The van der Waals surface area contributed by atoms with E-state index in [0.717, 1.165) is 34.0 Å². The molecule has 0 aromatic heterocycles. The zero-order valence-corrected chi connectivity index (χ0v) is 22.6. The molecule has 5 rings (SSSR count). The summed E-state index contributed by atoms with van der Waals surface area (Å²) in [6.07, 6.45) is 5.65. The first kappa shape index (κ1) is 25.4. The van der Waals surface area contributed by atoms with Gasteiger partial charge in [-0.25, -0.2) is 5.43 Å². The lowest BCUT2D eigenvalue weighted by Gasteiger charge is -2.37. The highest BCUT2D eigenvalue weighted by atomic mass is 35.5. The molecule has 1 aliphatic heterocycles. The monoisotopic (exact) mass is 531 g/mol. The Labute approximate surface area is 227 Å². The maximum atomic E-state index is 12.7. The smallest absolute Gasteiger partial charge is 0.253 e. The molecule has 5 nitrogen and oxygen atoms in total. The molecule has 4 atom stereocenters. The number of thioether (sulfide) groups is 1. The van der Waals surface area contributed by atoms with Gasteiger partial charge in [-0.2, -0.15) is 5.10 Å². The molecule has 0 saturated carbocycles. The van der Waals surface area contributed by atoms with Gasteiger partial charge in [-0.05, 0) is 91.4 Å². The zero-order valence-electron chi connectivity index (χ0n) is 21.1. The number of ether oxygens (including phenoxy) is 1. The van der Waals surface area contributed by atoms with E-state index in [-0.39, 0.29) is 17.2 Å². The maximum Gasteiger partial charge on any atom is 0.253 e. The number of anilines is 1. The fourth-order valence-electron chi connectivity index (χ4n) is 5.03. The molecule has 1 heterocycles. The van der Waals surface area contributed by atoms with Gasteiger partial charge in [-0.3, -0.25) is 4.79 Å². The third kappa shape index (κ3) is 5.55. The molecule has 1 amide bonds. The summed E-state index contributed by atoms with van der Waals surface area (Å²) in [6, 6.07) is 22.5. The Hall–Kier alpha value is -3.22. The molecule has 1 aliphatic carbocycles. The van der Waals surface area contributed by atoms with E-state index >= 15 is 0 Å². The summed E-state index contributed by atoms with van der Waals surface area (Å²) < 4.78 is 5.34. The highest BCUT2D eigenvalue weighted by molar-refractivity contribution is 8.00. The number of nitrogens with one attached hydrogen (secondary N) is 2. The van der Waals surface area contributed by atoms with Crippen LogP contribution in [0.1, 0.15) is 48.9 Å². The third-order valence-electron chi connectivity index (χ3n) is 7.08. The first-order valence-electron chi connectivity index (χ1n) is 12.4. The molecule has 0 fully saturated rings.